The molecule has 1 aromatic heterocycles. The number of aromatic nitrogens is 2. The van der Waals surface area contributed by atoms with E-state index < -0.39 is 0 Å². The third-order valence-electron chi connectivity index (χ3n) is 4.41. The van der Waals surface area contributed by atoms with E-state index in [1.165, 1.54) is 5.69 Å². The minimum absolute atomic E-state index is 0.200. The van der Waals surface area contributed by atoms with Gasteiger partial charge >= 0.3 is 0 Å². The highest BCUT2D eigenvalue weighted by molar-refractivity contribution is 9.10. The first-order chi connectivity index (χ1) is 9.08. The van der Waals surface area contributed by atoms with Crippen LogP contribution in [0.1, 0.15) is 18.5 Å². The van der Waals surface area contributed by atoms with Gasteiger partial charge in [-0.25, -0.2) is 0 Å². The molecule has 6 heteroatoms. The molecule has 2 aliphatic rings. The lowest BCUT2D eigenvalue weighted by molar-refractivity contribution is -0.130. The quantitative estimate of drug-likeness (QED) is 0.821. The Morgan fingerprint density at radius 2 is 2.26 bits per heavy atom. The molecule has 2 aliphatic heterocycles. The van der Waals surface area contributed by atoms with Crippen molar-refractivity contribution in [3.63, 3.8) is 0 Å². The van der Waals surface area contributed by atoms with Crippen LogP contribution in [0.2, 0.25) is 0 Å². The van der Waals surface area contributed by atoms with Crippen molar-refractivity contribution in [3.05, 3.63) is 16.4 Å². The van der Waals surface area contributed by atoms with E-state index in [-0.39, 0.29) is 5.92 Å². The van der Waals surface area contributed by atoms with E-state index in [2.05, 4.69) is 25.9 Å². The first-order valence-electron chi connectivity index (χ1n) is 6.73. The van der Waals surface area contributed by atoms with Crippen molar-refractivity contribution in [1.29, 1.82) is 0 Å². The number of rotatable bonds is 2. The molecule has 3 heterocycles. The van der Waals surface area contributed by atoms with Crippen LogP contribution in [0.4, 0.5) is 0 Å². The van der Waals surface area contributed by atoms with Gasteiger partial charge in [0.05, 0.1) is 22.3 Å². The van der Waals surface area contributed by atoms with Crippen molar-refractivity contribution in [2.75, 3.05) is 20.1 Å². The zero-order valence-electron chi connectivity index (χ0n) is 11.3. The zero-order chi connectivity index (χ0) is 13.6. The van der Waals surface area contributed by atoms with E-state index in [0.29, 0.717) is 11.9 Å². The smallest absolute Gasteiger partial charge is 0.227 e. The van der Waals surface area contributed by atoms with E-state index in [4.69, 9.17) is 0 Å². The van der Waals surface area contributed by atoms with Crippen molar-refractivity contribution in [3.8, 4) is 0 Å². The van der Waals surface area contributed by atoms with Gasteiger partial charge in [0, 0.05) is 33.2 Å². The van der Waals surface area contributed by atoms with Gasteiger partial charge in [0.25, 0.3) is 0 Å². The second-order valence-electron chi connectivity index (χ2n) is 5.57. The second-order valence-corrected chi connectivity index (χ2v) is 6.42. The summed E-state index contributed by atoms with van der Waals surface area (Å²) >= 11 is 3.55. The van der Waals surface area contributed by atoms with Gasteiger partial charge in [-0.15, -0.1) is 0 Å². The van der Waals surface area contributed by atoms with Gasteiger partial charge in [0.1, 0.15) is 0 Å². The molecule has 5 nitrogen and oxygen atoms in total. The molecule has 0 aromatic carbocycles. The summed E-state index contributed by atoms with van der Waals surface area (Å²) in [7, 11) is 3.88. The number of amides is 1. The Morgan fingerprint density at radius 3 is 2.95 bits per heavy atom. The van der Waals surface area contributed by atoms with E-state index in [1.54, 1.807) is 0 Å². The average Bonchev–Trinajstić information content (AvgIpc) is 2.86. The van der Waals surface area contributed by atoms with Crippen molar-refractivity contribution in [2.24, 2.45) is 13.0 Å². The van der Waals surface area contributed by atoms with E-state index in [1.807, 2.05) is 29.9 Å². The molecule has 0 aliphatic carbocycles. The molecule has 3 rings (SSSR count). The average molecular weight is 327 g/mol. The highest BCUT2D eigenvalue weighted by atomic mass is 79.9. The summed E-state index contributed by atoms with van der Waals surface area (Å²) in [6.45, 7) is 2.79. The van der Waals surface area contributed by atoms with Crippen molar-refractivity contribution >= 4 is 21.8 Å². The molecule has 2 fully saturated rings. The van der Waals surface area contributed by atoms with Crippen LogP contribution >= 0.6 is 15.9 Å². The topological polar surface area (TPSA) is 41.4 Å². The number of aryl methyl sites for hydroxylation is 1. The zero-order valence-corrected chi connectivity index (χ0v) is 12.9. The number of halogens is 1. The van der Waals surface area contributed by atoms with Crippen molar-refractivity contribution in [2.45, 2.75) is 25.4 Å². The summed E-state index contributed by atoms with van der Waals surface area (Å²) in [5.74, 6) is 0.518. The maximum atomic E-state index is 12.1. The highest BCUT2D eigenvalue weighted by Gasteiger charge is 2.43. The third-order valence-corrected chi connectivity index (χ3v) is 5.07. The predicted molar refractivity (Wildman–Crippen MR) is 75.5 cm³/mol. The maximum Gasteiger partial charge on any atom is 0.227 e. The largest absolute Gasteiger partial charge is 0.344 e. The Balaban J connectivity index is 1.80. The number of hydrogen-bond donors (Lipinski definition) is 0. The van der Waals surface area contributed by atoms with Crippen LogP contribution in [0.3, 0.4) is 0 Å². The van der Waals surface area contributed by atoms with Gasteiger partial charge in [-0.3, -0.25) is 14.4 Å². The molecule has 2 saturated heterocycles. The van der Waals surface area contributed by atoms with Gasteiger partial charge in [-0.05, 0) is 35.3 Å². The van der Waals surface area contributed by atoms with Crippen LogP contribution < -0.4 is 0 Å². The number of carbonyl (C=O) groups is 1. The van der Waals surface area contributed by atoms with Gasteiger partial charge in [0.15, 0.2) is 0 Å². The predicted octanol–water partition coefficient (Wildman–Crippen LogP) is 1.24. The number of nitrogens with zero attached hydrogens (tertiary/aromatic N) is 4. The van der Waals surface area contributed by atoms with Crippen molar-refractivity contribution < 1.29 is 4.79 Å². The maximum absolute atomic E-state index is 12.1. The molecule has 0 unspecified atom stereocenters. The highest BCUT2D eigenvalue weighted by Crippen LogP contribution is 2.32. The number of hydrogen-bond acceptors (Lipinski definition) is 3. The Morgan fingerprint density at radius 1 is 1.47 bits per heavy atom. The molecule has 0 radical (unpaired) electrons. The molecule has 1 aromatic rings. The fourth-order valence-electron chi connectivity index (χ4n) is 3.31. The Bertz CT molecular complexity index is 481. The van der Waals surface area contributed by atoms with Gasteiger partial charge in [-0.1, -0.05) is 0 Å². The van der Waals surface area contributed by atoms with Crippen LogP contribution in [0.5, 0.6) is 0 Å². The molecule has 0 spiro atoms. The normalized spacial score (nSPS) is 27.9. The number of piperidine rings is 1. The van der Waals surface area contributed by atoms with Gasteiger partial charge in [-0.2, -0.15) is 5.10 Å². The summed E-state index contributed by atoms with van der Waals surface area (Å²) in [5.41, 5.74) is 1.18. The lowest BCUT2D eigenvalue weighted by atomic mass is 9.91. The minimum Gasteiger partial charge on any atom is -0.344 e. The van der Waals surface area contributed by atoms with E-state index in [0.717, 1.165) is 36.9 Å². The summed E-state index contributed by atoms with van der Waals surface area (Å²) in [6.07, 6.45) is 3.98. The number of likely N-dealkylation sites (N-methyl/N-ethyl adjacent to an activating group) is 1. The Hall–Kier alpha value is -0.880. The number of carbonyl (C=O) groups excluding carboxylic acids is 1. The van der Waals surface area contributed by atoms with E-state index >= 15 is 0 Å². The Labute approximate surface area is 121 Å². The van der Waals surface area contributed by atoms with Crippen LogP contribution in [-0.2, 0) is 18.4 Å². The second kappa shape index (κ2) is 4.90. The first kappa shape index (κ1) is 13.1. The minimum atomic E-state index is 0.200. The third kappa shape index (κ3) is 2.21. The van der Waals surface area contributed by atoms with Crippen molar-refractivity contribution in [1.82, 2.24) is 19.6 Å². The lowest BCUT2D eigenvalue weighted by Gasteiger charge is -2.35. The molecule has 0 bridgehead atoms. The van der Waals surface area contributed by atoms with Gasteiger partial charge < -0.3 is 4.90 Å². The molecule has 19 heavy (non-hydrogen) atoms. The lowest BCUT2D eigenvalue weighted by Crippen LogP contribution is -2.45. The fraction of sp³-hybridized carbons (Fsp3) is 0.692. The van der Waals surface area contributed by atoms with Crippen LogP contribution in [-0.4, -0.2) is 51.7 Å². The molecular weight excluding hydrogens is 308 g/mol. The first-order valence-corrected chi connectivity index (χ1v) is 7.52. The molecular formula is C13H19BrN4O. The van der Waals surface area contributed by atoms with Crippen LogP contribution in [0.15, 0.2) is 10.7 Å². The molecule has 0 N–H and O–H groups in total. The molecule has 0 saturated carbocycles. The SMILES string of the molecule is CN1C[C@@H]2[C@@H](CCCN2Cc2c(Br)cnn2C)C1=O. The summed E-state index contributed by atoms with van der Waals surface area (Å²) in [6, 6.07) is 0.369. The monoisotopic (exact) mass is 326 g/mol. The fourth-order valence-corrected chi connectivity index (χ4v) is 3.79. The summed E-state index contributed by atoms with van der Waals surface area (Å²) < 4.78 is 2.96. The van der Waals surface area contributed by atoms with Crippen LogP contribution in [0, 0.1) is 5.92 Å². The van der Waals surface area contributed by atoms with E-state index in [9.17, 15) is 4.79 Å². The molecule has 2 atom stereocenters. The number of likely N-dealkylation sites (tertiary alicyclic amines) is 2. The standard InChI is InChI=1S/C13H19BrN4O/c1-16-7-11-9(13(16)19)4-3-5-18(11)8-12-10(14)6-15-17(12)2/h6,9,11H,3-5,7-8H2,1-2H3/t9-,11-/m1/s1. The Kier molecular flexibility index (Phi) is 3.39. The number of fused-ring (bicyclic) bond motifs is 1. The van der Waals surface area contributed by atoms with Gasteiger partial charge in [0.2, 0.25) is 5.91 Å². The summed E-state index contributed by atoms with van der Waals surface area (Å²) in [4.78, 5) is 16.4. The summed E-state index contributed by atoms with van der Waals surface area (Å²) in [5, 5.41) is 4.26. The molecule has 1 amide bonds. The van der Waals surface area contributed by atoms with Crippen LogP contribution in [0.25, 0.3) is 0 Å². The molecule has 104 valence electrons.